The second-order valence-electron chi connectivity index (χ2n) is 13.5. The Kier molecular flexibility index (Phi) is 10.2. The molecule has 2 aromatic rings. The third-order valence-electron chi connectivity index (χ3n) is 9.97. The van der Waals surface area contributed by atoms with Crippen molar-refractivity contribution in [2.75, 3.05) is 13.1 Å². The molecule has 0 radical (unpaired) electrons. The SMILES string of the molecule is CC1(C)OB(CCCC2C3CN(S(=O)(=O)NC(=O)OCc4ccccc4)CC3CC2(N=[N+]=[N-])C(=O)OCc2ccccc2)OC1(C)C. The molecule has 15 heteroatoms. The number of azide groups is 1. The molecule has 47 heavy (non-hydrogen) atoms. The van der Waals surface area contributed by atoms with Crippen LogP contribution in [0.5, 0.6) is 0 Å². The summed E-state index contributed by atoms with van der Waals surface area (Å²) in [7, 11) is -4.71. The number of fused-ring (bicyclic) bond motifs is 1. The Labute approximate surface area is 276 Å². The van der Waals surface area contributed by atoms with Gasteiger partial charge in [0.15, 0.2) is 0 Å². The molecule has 3 aliphatic rings. The zero-order chi connectivity index (χ0) is 33.9. The highest BCUT2D eigenvalue weighted by atomic mass is 32.2. The highest BCUT2D eigenvalue weighted by Crippen LogP contribution is 2.53. The predicted molar refractivity (Wildman–Crippen MR) is 174 cm³/mol. The van der Waals surface area contributed by atoms with Crippen LogP contribution in [-0.2, 0) is 47.0 Å². The van der Waals surface area contributed by atoms with Crippen LogP contribution in [0.1, 0.15) is 58.1 Å². The number of hydrogen-bond acceptors (Lipinski definition) is 9. The zero-order valence-corrected chi connectivity index (χ0v) is 28.0. The van der Waals surface area contributed by atoms with Crippen molar-refractivity contribution in [2.45, 2.75) is 83.2 Å². The molecule has 2 aliphatic heterocycles. The van der Waals surface area contributed by atoms with E-state index in [9.17, 15) is 23.5 Å². The number of rotatable bonds is 12. The number of carbonyl (C=O) groups excluding carboxylic acids is 2. The first-order valence-electron chi connectivity index (χ1n) is 15.9. The van der Waals surface area contributed by atoms with E-state index in [-0.39, 0.29) is 44.6 Å². The summed E-state index contributed by atoms with van der Waals surface area (Å²) in [5.41, 5.74) is 8.66. The van der Waals surface area contributed by atoms with Crippen LogP contribution in [0.15, 0.2) is 65.8 Å². The summed E-state index contributed by atoms with van der Waals surface area (Å²) in [6, 6.07) is 18.1. The lowest BCUT2D eigenvalue weighted by Gasteiger charge is -2.32. The highest BCUT2D eigenvalue weighted by molar-refractivity contribution is 7.87. The molecule has 3 fully saturated rings. The smallest absolute Gasteiger partial charge is 0.457 e. The normalized spacial score (nSPS) is 26.3. The Morgan fingerprint density at radius 1 is 0.979 bits per heavy atom. The number of amides is 1. The van der Waals surface area contributed by atoms with E-state index in [4.69, 9.17) is 18.8 Å². The molecule has 0 spiro atoms. The molecule has 0 aromatic heterocycles. The molecule has 1 aliphatic carbocycles. The lowest BCUT2D eigenvalue weighted by molar-refractivity contribution is -0.153. The lowest BCUT2D eigenvalue weighted by Crippen LogP contribution is -2.47. The summed E-state index contributed by atoms with van der Waals surface area (Å²) in [5, 5.41) is 4.10. The highest BCUT2D eigenvalue weighted by Gasteiger charge is 2.61. The van der Waals surface area contributed by atoms with Gasteiger partial charge in [-0.25, -0.2) is 9.52 Å². The van der Waals surface area contributed by atoms with Crippen molar-refractivity contribution in [2.24, 2.45) is 22.9 Å². The molecular formula is C32H42BN5O8S. The first-order valence-corrected chi connectivity index (χ1v) is 17.3. The Balaban J connectivity index is 1.30. The molecule has 252 valence electrons. The van der Waals surface area contributed by atoms with E-state index < -0.39 is 52.0 Å². The van der Waals surface area contributed by atoms with Gasteiger partial charge in [-0.05, 0) is 81.3 Å². The minimum atomic E-state index is -4.26. The van der Waals surface area contributed by atoms with Gasteiger partial charge in [-0.15, -0.1) is 0 Å². The van der Waals surface area contributed by atoms with Crippen LogP contribution in [0.2, 0.25) is 6.32 Å². The second-order valence-corrected chi connectivity index (χ2v) is 15.2. The summed E-state index contributed by atoms with van der Waals surface area (Å²) in [4.78, 5) is 29.4. The lowest BCUT2D eigenvalue weighted by atomic mass is 9.75. The van der Waals surface area contributed by atoms with Gasteiger partial charge in [-0.1, -0.05) is 72.2 Å². The van der Waals surface area contributed by atoms with Gasteiger partial charge < -0.3 is 18.8 Å². The van der Waals surface area contributed by atoms with Crippen molar-refractivity contribution < 1.29 is 36.8 Å². The van der Waals surface area contributed by atoms with Crippen molar-refractivity contribution in [3.05, 3.63) is 82.2 Å². The molecule has 1 saturated carbocycles. The Hall–Kier alpha value is -3.62. The monoisotopic (exact) mass is 667 g/mol. The first kappa shape index (κ1) is 34.7. The topological polar surface area (TPSA) is 169 Å². The Bertz CT molecular complexity index is 1570. The van der Waals surface area contributed by atoms with E-state index in [0.717, 1.165) is 5.56 Å². The molecule has 1 N–H and O–H groups in total. The average Bonchev–Trinajstić information content (AvgIpc) is 3.63. The third kappa shape index (κ3) is 7.60. The van der Waals surface area contributed by atoms with E-state index >= 15 is 0 Å². The first-order chi connectivity index (χ1) is 22.3. The molecule has 4 atom stereocenters. The van der Waals surface area contributed by atoms with Crippen molar-refractivity contribution in [3.8, 4) is 0 Å². The number of nitrogens with one attached hydrogen (secondary N) is 1. The fraction of sp³-hybridized carbons (Fsp3) is 0.562. The molecule has 2 aromatic carbocycles. The van der Waals surface area contributed by atoms with Gasteiger partial charge in [-0.3, -0.25) is 4.79 Å². The van der Waals surface area contributed by atoms with Crippen LogP contribution in [0, 0.1) is 17.8 Å². The fourth-order valence-corrected chi connectivity index (χ4v) is 8.06. The quantitative estimate of drug-likeness (QED) is 0.103. The summed E-state index contributed by atoms with van der Waals surface area (Å²) < 4.78 is 53.0. The minimum absolute atomic E-state index is 0.00780. The summed E-state index contributed by atoms with van der Waals surface area (Å²) >= 11 is 0. The van der Waals surface area contributed by atoms with Crippen molar-refractivity contribution in [3.63, 3.8) is 0 Å². The molecule has 0 bridgehead atoms. The number of hydrogen-bond donors (Lipinski definition) is 1. The molecule has 2 heterocycles. The maximum Gasteiger partial charge on any atom is 0.457 e. The number of carbonyl (C=O) groups is 2. The molecule has 2 saturated heterocycles. The largest absolute Gasteiger partial charge is 0.460 e. The van der Waals surface area contributed by atoms with E-state index in [2.05, 4.69) is 10.0 Å². The van der Waals surface area contributed by atoms with Gasteiger partial charge in [-0.2, -0.15) is 12.7 Å². The van der Waals surface area contributed by atoms with E-state index in [0.29, 0.717) is 24.7 Å². The van der Waals surface area contributed by atoms with Crippen LogP contribution in [-0.4, -0.2) is 61.7 Å². The number of benzene rings is 2. The molecule has 4 unspecified atom stereocenters. The molecule has 1 amide bonds. The van der Waals surface area contributed by atoms with Gasteiger partial charge in [0.2, 0.25) is 0 Å². The summed E-state index contributed by atoms with van der Waals surface area (Å²) in [5.74, 6) is -1.81. The van der Waals surface area contributed by atoms with Gasteiger partial charge in [0.25, 0.3) is 0 Å². The maximum atomic E-state index is 13.8. The standard InChI is InChI=1S/C32H42BN5O8S/c1-30(2)31(3,4)46-33(45-30)17-11-16-27-26-20-38(47(41,42)35-29(40)44-22-24-14-9-6-10-15-24)19-25(26)18-32(27,36-37-34)28(39)43-21-23-12-7-5-8-13-23/h5-10,12-15,25-27H,11,16-22H2,1-4H3,(H,35,40). The van der Waals surface area contributed by atoms with Gasteiger partial charge in [0.05, 0.1) is 11.2 Å². The number of ether oxygens (including phenoxy) is 2. The van der Waals surface area contributed by atoms with Gasteiger partial charge in [0, 0.05) is 18.0 Å². The van der Waals surface area contributed by atoms with Crippen LogP contribution < -0.4 is 4.72 Å². The minimum Gasteiger partial charge on any atom is -0.460 e. The van der Waals surface area contributed by atoms with Gasteiger partial charge >= 0.3 is 29.4 Å². The van der Waals surface area contributed by atoms with Crippen molar-refractivity contribution in [1.82, 2.24) is 9.03 Å². The number of nitrogens with zero attached hydrogens (tertiary/aromatic N) is 4. The van der Waals surface area contributed by atoms with E-state index in [1.54, 1.807) is 24.3 Å². The molecular weight excluding hydrogens is 625 g/mol. The zero-order valence-electron chi connectivity index (χ0n) is 27.2. The van der Waals surface area contributed by atoms with Crippen LogP contribution in [0.25, 0.3) is 10.4 Å². The maximum absolute atomic E-state index is 13.8. The summed E-state index contributed by atoms with van der Waals surface area (Å²) in [6.45, 7) is 7.89. The molecule has 5 rings (SSSR count). The number of esters is 1. The third-order valence-corrected chi connectivity index (χ3v) is 11.4. The average molecular weight is 668 g/mol. The van der Waals surface area contributed by atoms with E-state index in [1.165, 1.54) is 4.31 Å². The second kappa shape index (κ2) is 13.9. The van der Waals surface area contributed by atoms with E-state index in [1.807, 2.05) is 68.8 Å². The fourth-order valence-electron chi connectivity index (χ4n) is 6.91. The van der Waals surface area contributed by atoms with Crippen molar-refractivity contribution >= 4 is 29.4 Å². The Morgan fingerprint density at radius 3 is 2.13 bits per heavy atom. The molecule has 13 nitrogen and oxygen atoms in total. The van der Waals surface area contributed by atoms with Gasteiger partial charge in [0.1, 0.15) is 18.8 Å². The van der Waals surface area contributed by atoms with Crippen LogP contribution in [0.4, 0.5) is 4.79 Å². The predicted octanol–water partition coefficient (Wildman–Crippen LogP) is 5.39. The van der Waals surface area contributed by atoms with Crippen LogP contribution in [0.3, 0.4) is 0 Å². The van der Waals surface area contributed by atoms with Crippen LogP contribution >= 0.6 is 0 Å². The summed E-state index contributed by atoms with van der Waals surface area (Å²) in [6.07, 6.45) is 0.559. The Morgan fingerprint density at radius 2 is 1.55 bits per heavy atom. The van der Waals surface area contributed by atoms with Crippen molar-refractivity contribution in [1.29, 1.82) is 0 Å².